The Hall–Kier alpha value is -3.74. The molecule has 0 bridgehead atoms. The summed E-state index contributed by atoms with van der Waals surface area (Å²) in [6.07, 6.45) is -0.956. The van der Waals surface area contributed by atoms with Crippen LogP contribution in [0.15, 0.2) is 36.8 Å². The highest BCUT2D eigenvalue weighted by Gasteiger charge is 2.34. The zero-order chi connectivity index (χ0) is 26.7. The molecule has 1 aliphatic rings. The van der Waals surface area contributed by atoms with E-state index in [9.17, 15) is 27.9 Å². The van der Waals surface area contributed by atoms with Gasteiger partial charge in [-0.2, -0.15) is 13.2 Å². The number of rotatable bonds is 6. The number of aryl methyl sites for hydroxylation is 1. The third kappa shape index (κ3) is 6.53. The van der Waals surface area contributed by atoms with Crippen LogP contribution < -0.4 is 10.1 Å². The lowest BCUT2D eigenvalue weighted by Gasteiger charge is -2.31. The molecule has 3 aromatic rings. The Balaban J connectivity index is 1.56. The average molecular weight is 536 g/mol. The number of thiazole rings is 1. The van der Waals surface area contributed by atoms with Crippen LogP contribution in [0.25, 0.3) is 10.6 Å². The molecule has 0 saturated carbocycles. The highest BCUT2D eigenvalue weighted by atomic mass is 32.1. The van der Waals surface area contributed by atoms with Crippen molar-refractivity contribution in [2.24, 2.45) is 0 Å². The Bertz CT molecular complexity index is 1280. The zero-order valence-electron chi connectivity index (χ0n) is 20.0. The van der Waals surface area contributed by atoms with E-state index in [1.165, 1.54) is 16.2 Å². The van der Waals surface area contributed by atoms with Crippen LogP contribution in [0.5, 0.6) is 5.75 Å². The van der Waals surface area contributed by atoms with Crippen molar-refractivity contribution in [1.29, 1.82) is 0 Å². The summed E-state index contributed by atoms with van der Waals surface area (Å²) in [5, 5.41) is 12.7. The van der Waals surface area contributed by atoms with Crippen LogP contribution in [-0.4, -0.2) is 56.2 Å². The summed E-state index contributed by atoms with van der Waals surface area (Å²) in [6.45, 7) is 4.17. The largest absolute Gasteiger partial charge is 0.489 e. The maximum atomic E-state index is 13.1. The third-order valence-corrected chi connectivity index (χ3v) is 6.72. The van der Waals surface area contributed by atoms with Crippen LogP contribution >= 0.6 is 11.3 Å². The molecule has 3 heterocycles. The molecule has 1 unspecified atom stereocenters. The van der Waals surface area contributed by atoms with E-state index in [0.717, 1.165) is 17.3 Å². The first-order valence-electron chi connectivity index (χ1n) is 11.4. The van der Waals surface area contributed by atoms with Gasteiger partial charge >= 0.3 is 12.3 Å². The summed E-state index contributed by atoms with van der Waals surface area (Å²) in [5.41, 5.74) is 1.21. The van der Waals surface area contributed by atoms with Gasteiger partial charge in [0, 0.05) is 46.7 Å². The molecule has 2 N–H and O–H groups in total. The standard InChI is InChI=1S/C24H24F3N5O4S/c1-13-9-28-21(37-13)16-6-15(7-19(8-16)36-18-4-3-5-32(12-18)23(34)35)20(33)31-14(2)17-10-29-22(30-11-17)24(25,26)27/h6-11,14,18H,3-5,12H2,1-2H3,(H,31,33)(H,34,35)/t14?,18-/m1/s1. The van der Waals surface area contributed by atoms with E-state index in [-0.39, 0.29) is 18.2 Å². The Morgan fingerprint density at radius 3 is 2.54 bits per heavy atom. The van der Waals surface area contributed by atoms with Crippen LogP contribution in [0.1, 0.15) is 52.4 Å². The van der Waals surface area contributed by atoms with Crippen molar-refractivity contribution < 1.29 is 32.6 Å². The molecule has 37 heavy (non-hydrogen) atoms. The van der Waals surface area contributed by atoms with Gasteiger partial charge in [0.25, 0.3) is 5.91 Å². The second kappa shape index (κ2) is 10.7. The SMILES string of the molecule is Cc1cnc(-c2cc(O[C@@H]3CCCN(C(=O)O)C3)cc(C(=O)NC(C)c3cnc(C(F)(F)F)nc3)c2)s1. The van der Waals surface area contributed by atoms with Crippen LogP contribution in [0.3, 0.4) is 0 Å². The number of hydrogen-bond donors (Lipinski definition) is 2. The second-order valence-corrected chi connectivity index (χ2v) is 9.90. The minimum absolute atomic E-state index is 0.211. The zero-order valence-corrected chi connectivity index (χ0v) is 20.8. The molecule has 4 rings (SSSR count). The van der Waals surface area contributed by atoms with Crippen LogP contribution in [0.4, 0.5) is 18.0 Å². The number of ether oxygens (including phenoxy) is 1. The molecule has 13 heteroatoms. The second-order valence-electron chi connectivity index (χ2n) is 8.67. The van der Waals surface area contributed by atoms with Gasteiger partial charge in [-0.15, -0.1) is 11.3 Å². The molecule has 196 valence electrons. The Kier molecular flexibility index (Phi) is 7.62. The predicted molar refractivity (Wildman–Crippen MR) is 128 cm³/mol. The number of halogens is 3. The summed E-state index contributed by atoms with van der Waals surface area (Å²) in [4.78, 5) is 37.9. The Morgan fingerprint density at radius 2 is 1.92 bits per heavy atom. The van der Waals surface area contributed by atoms with Gasteiger partial charge in [0.2, 0.25) is 5.82 Å². The topological polar surface area (TPSA) is 118 Å². The van der Waals surface area contributed by atoms with Gasteiger partial charge in [-0.05, 0) is 44.9 Å². The number of amides is 2. The van der Waals surface area contributed by atoms with Gasteiger partial charge in [0.05, 0.1) is 12.6 Å². The first-order valence-corrected chi connectivity index (χ1v) is 12.2. The van der Waals surface area contributed by atoms with Gasteiger partial charge in [-0.1, -0.05) is 0 Å². The monoisotopic (exact) mass is 535 g/mol. The van der Waals surface area contributed by atoms with E-state index in [0.29, 0.717) is 41.3 Å². The lowest BCUT2D eigenvalue weighted by molar-refractivity contribution is -0.145. The number of nitrogens with zero attached hydrogens (tertiary/aromatic N) is 4. The smallest absolute Gasteiger partial charge is 0.451 e. The van der Waals surface area contributed by atoms with Crippen molar-refractivity contribution in [1.82, 2.24) is 25.2 Å². The third-order valence-electron chi connectivity index (χ3n) is 5.76. The minimum atomic E-state index is -4.66. The normalized spacial score (nSPS) is 16.8. The quantitative estimate of drug-likeness (QED) is 0.459. The summed E-state index contributed by atoms with van der Waals surface area (Å²) < 4.78 is 44.4. The first-order chi connectivity index (χ1) is 17.5. The number of carbonyl (C=O) groups excluding carboxylic acids is 1. The predicted octanol–water partition coefficient (Wildman–Crippen LogP) is 4.94. The van der Waals surface area contributed by atoms with E-state index >= 15 is 0 Å². The minimum Gasteiger partial charge on any atom is -0.489 e. The van der Waals surface area contributed by atoms with Crippen molar-refractivity contribution in [2.75, 3.05) is 13.1 Å². The number of likely N-dealkylation sites (tertiary alicyclic amines) is 1. The van der Waals surface area contributed by atoms with Crippen LogP contribution in [0, 0.1) is 6.92 Å². The van der Waals surface area contributed by atoms with E-state index < -0.39 is 30.0 Å². The molecule has 1 saturated heterocycles. The van der Waals surface area contributed by atoms with E-state index in [1.807, 2.05) is 6.92 Å². The van der Waals surface area contributed by atoms with Gasteiger partial charge in [-0.3, -0.25) is 4.79 Å². The number of benzene rings is 1. The average Bonchev–Trinajstić information content (AvgIpc) is 3.30. The Morgan fingerprint density at radius 1 is 1.19 bits per heavy atom. The highest BCUT2D eigenvalue weighted by Crippen LogP contribution is 2.31. The molecular formula is C24H24F3N5O4S. The van der Waals surface area contributed by atoms with Crippen molar-refractivity contribution >= 4 is 23.3 Å². The molecule has 2 aromatic heterocycles. The summed E-state index contributed by atoms with van der Waals surface area (Å²) in [5.74, 6) is -1.35. The maximum absolute atomic E-state index is 13.1. The summed E-state index contributed by atoms with van der Waals surface area (Å²) in [7, 11) is 0. The van der Waals surface area contributed by atoms with E-state index in [4.69, 9.17) is 4.74 Å². The molecule has 1 aliphatic heterocycles. The van der Waals surface area contributed by atoms with Crippen LogP contribution in [0.2, 0.25) is 0 Å². The molecule has 9 nitrogen and oxygen atoms in total. The number of hydrogen-bond acceptors (Lipinski definition) is 7. The lowest BCUT2D eigenvalue weighted by Crippen LogP contribution is -2.43. The van der Waals surface area contributed by atoms with Crippen LogP contribution in [-0.2, 0) is 6.18 Å². The fourth-order valence-corrected chi connectivity index (χ4v) is 4.63. The molecule has 2 atom stereocenters. The molecule has 0 radical (unpaired) electrons. The summed E-state index contributed by atoms with van der Waals surface area (Å²) >= 11 is 1.44. The number of carboxylic acid groups (broad SMARTS) is 1. The van der Waals surface area contributed by atoms with Gasteiger partial charge < -0.3 is 20.1 Å². The van der Waals surface area contributed by atoms with E-state index in [2.05, 4.69) is 20.3 Å². The molecule has 1 fully saturated rings. The fourth-order valence-electron chi connectivity index (χ4n) is 3.88. The van der Waals surface area contributed by atoms with Gasteiger partial charge in [0.15, 0.2) is 0 Å². The number of carbonyl (C=O) groups is 2. The van der Waals surface area contributed by atoms with Gasteiger partial charge in [0.1, 0.15) is 16.9 Å². The number of aromatic nitrogens is 3. The molecular weight excluding hydrogens is 511 g/mol. The number of piperidine rings is 1. The number of nitrogens with one attached hydrogen (secondary N) is 1. The Labute approximate surface area is 214 Å². The van der Waals surface area contributed by atoms with Crippen molar-refractivity contribution in [3.63, 3.8) is 0 Å². The lowest BCUT2D eigenvalue weighted by atomic mass is 10.1. The molecule has 2 amide bonds. The molecule has 1 aromatic carbocycles. The molecule has 0 aliphatic carbocycles. The highest BCUT2D eigenvalue weighted by molar-refractivity contribution is 7.14. The van der Waals surface area contributed by atoms with Gasteiger partial charge in [-0.25, -0.2) is 19.7 Å². The number of alkyl halides is 3. The maximum Gasteiger partial charge on any atom is 0.451 e. The fraction of sp³-hybridized carbons (Fsp3) is 0.375. The van der Waals surface area contributed by atoms with Crippen molar-refractivity contribution in [2.45, 2.75) is 45.0 Å². The molecule has 0 spiro atoms. The summed E-state index contributed by atoms with van der Waals surface area (Å²) in [6, 6.07) is 4.28. The van der Waals surface area contributed by atoms with Crippen molar-refractivity contribution in [3.8, 4) is 16.3 Å². The first kappa shape index (κ1) is 26.3. The van der Waals surface area contributed by atoms with Crippen molar-refractivity contribution in [3.05, 3.63) is 58.6 Å². The van der Waals surface area contributed by atoms with E-state index in [1.54, 1.807) is 31.3 Å².